The van der Waals surface area contributed by atoms with Crippen LogP contribution >= 0.6 is 0 Å². The van der Waals surface area contributed by atoms with Crippen molar-refractivity contribution in [3.8, 4) is 22.3 Å². The van der Waals surface area contributed by atoms with E-state index in [0.717, 1.165) is 22.7 Å². The van der Waals surface area contributed by atoms with Crippen LogP contribution in [0.15, 0.2) is 182 Å². The second-order valence-electron chi connectivity index (χ2n) is 17.9. The van der Waals surface area contributed by atoms with Crippen LogP contribution in [0, 0.1) is 13.8 Å². The van der Waals surface area contributed by atoms with Crippen molar-refractivity contribution in [2.75, 3.05) is 9.80 Å². The first-order chi connectivity index (χ1) is 29.1. The van der Waals surface area contributed by atoms with E-state index in [-0.39, 0.29) is 10.8 Å². The highest BCUT2D eigenvalue weighted by Gasteiger charge is 2.37. The summed E-state index contributed by atoms with van der Waals surface area (Å²) in [6, 6.07) is 67.6. The summed E-state index contributed by atoms with van der Waals surface area (Å²) in [6.45, 7) is 14.0. The predicted molar refractivity (Wildman–Crippen MR) is 255 cm³/mol. The fourth-order valence-electron chi connectivity index (χ4n) is 10.6. The molecule has 60 heavy (non-hydrogen) atoms. The first kappa shape index (κ1) is 36.2. The average Bonchev–Trinajstić information content (AvgIpc) is 3.65. The van der Waals surface area contributed by atoms with E-state index >= 15 is 0 Å². The summed E-state index contributed by atoms with van der Waals surface area (Å²) in [4.78, 5) is 4.85. The van der Waals surface area contributed by atoms with E-state index in [0.29, 0.717) is 0 Å². The summed E-state index contributed by atoms with van der Waals surface area (Å²) in [5.41, 5.74) is 20.2. The van der Waals surface area contributed by atoms with Crippen molar-refractivity contribution in [2.45, 2.75) is 52.4 Å². The molecule has 0 heterocycles. The molecule has 0 aromatic heterocycles. The molecule has 0 aliphatic heterocycles. The molecule has 2 aliphatic rings. The molecule has 2 nitrogen and oxygen atoms in total. The number of hydrogen-bond donors (Lipinski definition) is 0. The molecule has 0 spiro atoms. The van der Waals surface area contributed by atoms with Gasteiger partial charge in [-0.2, -0.15) is 0 Å². The molecule has 290 valence electrons. The zero-order valence-electron chi connectivity index (χ0n) is 35.2. The first-order valence-electron chi connectivity index (χ1n) is 21.3. The Labute approximate surface area is 354 Å². The van der Waals surface area contributed by atoms with Gasteiger partial charge in [0, 0.05) is 45.0 Å². The SMILES string of the molecule is Cc1c2ccc(N(c3ccccc3)c3ccc4c(c3)C(C)(C)c3ccccc3-4)cc2c(C)c2ccc(N(c3ccccc3)c3ccc4c(c3)C(C)(C)c3ccccc3-4)cc12. The van der Waals surface area contributed by atoms with Crippen LogP contribution < -0.4 is 9.80 Å². The third-order valence-corrected chi connectivity index (χ3v) is 13.8. The van der Waals surface area contributed by atoms with Crippen LogP contribution in [-0.2, 0) is 10.8 Å². The zero-order chi connectivity index (χ0) is 40.9. The number of benzene rings is 9. The minimum absolute atomic E-state index is 0.0851. The molecule has 0 saturated carbocycles. The van der Waals surface area contributed by atoms with E-state index in [1.165, 1.54) is 88.6 Å². The Kier molecular flexibility index (Phi) is 8.03. The van der Waals surface area contributed by atoms with Crippen molar-refractivity contribution in [2.24, 2.45) is 0 Å². The van der Waals surface area contributed by atoms with Crippen molar-refractivity contribution in [1.29, 1.82) is 0 Å². The number of anilines is 6. The van der Waals surface area contributed by atoms with Gasteiger partial charge in [0.2, 0.25) is 0 Å². The van der Waals surface area contributed by atoms with Gasteiger partial charge in [-0.1, -0.05) is 137 Å². The maximum absolute atomic E-state index is 2.43. The number of para-hydroxylation sites is 2. The molecular weight excluding hydrogens is 725 g/mol. The fourth-order valence-corrected chi connectivity index (χ4v) is 10.6. The summed E-state index contributed by atoms with van der Waals surface area (Å²) < 4.78 is 0. The van der Waals surface area contributed by atoms with Gasteiger partial charge in [-0.15, -0.1) is 0 Å². The number of hydrogen-bond acceptors (Lipinski definition) is 2. The van der Waals surface area contributed by atoms with E-state index in [1.807, 2.05) is 0 Å². The van der Waals surface area contributed by atoms with Gasteiger partial charge in [0.25, 0.3) is 0 Å². The minimum Gasteiger partial charge on any atom is -0.310 e. The molecule has 0 amide bonds. The third kappa shape index (κ3) is 5.33. The summed E-state index contributed by atoms with van der Waals surface area (Å²) >= 11 is 0. The fraction of sp³-hybridized carbons (Fsp3) is 0.138. The minimum atomic E-state index is -0.0851. The lowest BCUT2D eigenvalue weighted by Crippen LogP contribution is -2.16. The summed E-state index contributed by atoms with van der Waals surface area (Å²) in [5, 5.41) is 5.12. The van der Waals surface area contributed by atoms with Gasteiger partial charge in [-0.05, 0) is 164 Å². The molecule has 0 N–H and O–H groups in total. The highest BCUT2D eigenvalue weighted by atomic mass is 15.1. The smallest absolute Gasteiger partial charge is 0.0468 e. The van der Waals surface area contributed by atoms with Crippen LogP contribution in [0.3, 0.4) is 0 Å². The van der Waals surface area contributed by atoms with E-state index in [2.05, 4.69) is 233 Å². The highest BCUT2D eigenvalue weighted by molar-refractivity contribution is 6.08. The van der Waals surface area contributed by atoms with E-state index in [1.54, 1.807) is 0 Å². The Morgan fingerprint density at radius 1 is 0.283 bits per heavy atom. The molecule has 0 atom stereocenters. The third-order valence-electron chi connectivity index (χ3n) is 13.8. The molecule has 2 heteroatoms. The van der Waals surface area contributed by atoms with Crippen LogP contribution in [-0.4, -0.2) is 0 Å². The number of fused-ring (bicyclic) bond motifs is 8. The summed E-state index contributed by atoms with van der Waals surface area (Å²) in [7, 11) is 0. The first-order valence-corrected chi connectivity index (χ1v) is 21.3. The van der Waals surface area contributed by atoms with E-state index in [9.17, 15) is 0 Å². The quantitative estimate of drug-likeness (QED) is 0.155. The largest absolute Gasteiger partial charge is 0.310 e. The van der Waals surface area contributed by atoms with Gasteiger partial charge in [-0.25, -0.2) is 0 Å². The van der Waals surface area contributed by atoms with Gasteiger partial charge in [0.1, 0.15) is 0 Å². The van der Waals surface area contributed by atoms with Crippen molar-refractivity contribution in [3.63, 3.8) is 0 Å². The highest BCUT2D eigenvalue weighted by Crippen LogP contribution is 2.52. The zero-order valence-corrected chi connectivity index (χ0v) is 35.2. The van der Waals surface area contributed by atoms with Crippen LogP contribution in [0.1, 0.15) is 61.1 Å². The Hall–Kier alpha value is -6.90. The van der Waals surface area contributed by atoms with Crippen molar-refractivity contribution in [3.05, 3.63) is 215 Å². The van der Waals surface area contributed by atoms with Gasteiger partial charge >= 0.3 is 0 Å². The molecule has 9 aromatic carbocycles. The van der Waals surface area contributed by atoms with Gasteiger partial charge in [0.15, 0.2) is 0 Å². The topological polar surface area (TPSA) is 6.48 Å². The lowest BCUT2D eigenvalue weighted by molar-refractivity contribution is 0.660. The molecule has 11 rings (SSSR count). The molecule has 0 saturated heterocycles. The molecule has 2 aliphatic carbocycles. The molecule has 0 unspecified atom stereocenters. The molecule has 0 bridgehead atoms. The van der Waals surface area contributed by atoms with Crippen LogP contribution in [0.2, 0.25) is 0 Å². The average molecular weight is 773 g/mol. The normalized spacial score (nSPS) is 14.1. The van der Waals surface area contributed by atoms with Crippen LogP contribution in [0.5, 0.6) is 0 Å². The van der Waals surface area contributed by atoms with Crippen LogP contribution in [0.4, 0.5) is 34.1 Å². The molecule has 0 radical (unpaired) electrons. The Morgan fingerprint density at radius 3 is 1.03 bits per heavy atom. The Morgan fingerprint density at radius 2 is 0.617 bits per heavy atom. The van der Waals surface area contributed by atoms with Crippen LogP contribution in [0.25, 0.3) is 43.8 Å². The second-order valence-corrected chi connectivity index (χ2v) is 17.9. The predicted octanol–water partition coefficient (Wildman–Crippen LogP) is 16.2. The summed E-state index contributed by atoms with van der Waals surface area (Å²) in [6.07, 6.45) is 0. The van der Waals surface area contributed by atoms with Crippen molar-refractivity contribution in [1.82, 2.24) is 0 Å². The second kappa shape index (κ2) is 13.3. The molecule has 0 fully saturated rings. The van der Waals surface area contributed by atoms with Gasteiger partial charge in [-0.3, -0.25) is 0 Å². The number of aryl methyl sites for hydroxylation is 2. The number of nitrogens with zero attached hydrogens (tertiary/aromatic N) is 2. The Bertz CT molecular complexity index is 2960. The Balaban J connectivity index is 1.04. The lowest BCUT2D eigenvalue weighted by atomic mass is 9.82. The summed E-state index contributed by atoms with van der Waals surface area (Å²) in [5.74, 6) is 0. The molecule has 9 aromatic rings. The lowest BCUT2D eigenvalue weighted by Gasteiger charge is -2.29. The number of rotatable bonds is 6. The van der Waals surface area contributed by atoms with Gasteiger partial charge < -0.3 is 9.80 Å². The van der Waals surface area contributed by atoms with Gasteiger partial charge in [0.05, 0.1) is 0 Å². The standard InChI is InChI=1S/C58H48N2/c1-37-45-29-25-42(60(40-19-11-8-12-20-40)44-28-32-50-48-22-14-16-24-54(48)58(5,6)56(50)36-44)34-52(45)38(2)46-30-26-41(33-51(37)46)59(39-17-9-7-10-18-39)43-27-31-49-47-21-13-15-23-53(47)57(3,4)55(49)35-43/h7-36H,1-6H3. The maximum Gasteiger partial charge on any atom is 0.0468 e. The maximum atomic E-state index is 2.43. The monoisotopic (exact) mass is 772 g/mol. The van der Waals surface area contributed by atoms with E-state index in [4.69, 9.17) is 0 Å². The molecular formula is C58H48N2. The van der Waals surface area contributed by atoms with E-state index < -0.39 is 0 Å². The van der Waals surface area contributed by atoms with Crippen molar-refractivity contribution < 1.29 is 0 Å². The van der Waals surface area contributed by atoms with Crippen molar-refractivity contribution >= 4 is 55.7 Å².